The van der Waals surface area contributed by atoms with Crippen LogP contribution in [0.1, 0.15) is 192 Å². The van der Waals surface area contributed by atoms with Gasteiger partial charge in [-0.3, -0.25) is 0 Å². The fourth-order valence-corrected chi connectivity index (χ4v) is 35.8. The lowest BCUT2D eigenvalue weighted by Crippen LogP contribution is -2.54. The summed E-state index contributed by atoms with van der Waals surface area (Å²) >= 11 is 16.0. The molecule has 0 aromatic carbocycles. The van der Waals surface area contributed by atoms with Crippen LogP contribution in [0.5, 0.6) is 0 Å². The summed E-state index contributed by atoms with van der Waals surface area (Å²) in [4.78, 5) is 28.5. The molecule has 12 heteroatoms. The zero-order chi connectivity index (χ0) is 49.7. The van der Waals surface area contributed by atoms with Crippen molar-refractivity contribution in [2.45, 2.75) is 220 Å². The van der Waals surface area contributed by atoms with Crippen LogP contribution in [-0.4, -0.2) is 26.1 Å². The molecule has 8 aromatic rings. The van der Waals surface area contributed by atoms with Gasteiger partial charge in [-0.2, -0.15) is 0 Å². The van der Waals surface area contributed by atoms with E-state index in [0.29, 0.717) is 0 Å². The standard InChI is InChI=1S/C60H80N2S8Si2/c1-7-11-15-19-23-27-31-71(32-28-24-20-16-12-8-2)49-36-42(6)64-53(49)54-51(71)39-47(67-54)57-61-59-60(69-57)62-58(70-59)48-40-52-56(68-48)55-50(38-46(66-55)45-37-44-43(65-45)35-41(5)63-44)72(52,33-29-25-21-17-13-9-3)34-30-26-22-18-14-10-4/h35-40H,7-34H2,1-6H3. The first kappa shape index (κ1) is 53.8. The first-order valence-electron chi connectivity index (χ1n) is 28.6. The lowest BCUT2D eigenvalue weighted by atomic mass is 10.1. The number of nitrogens with zero attached hydrogens (tertiary/aromatic N) is 2. The van der Waals surface area contributed by atoms with Gasteiger partial charge in [0.2, 0.25) is 0 Å². The summed E-state index contributed by atoms with van der Waals surface area (Å²) in [5, 5.41) is 9.51. The minimum Gasteiger partial charge on any atom is -0.222 e. The Hall–Kier alpha value is -1.59. The van der Waals surface area contributed by atoms with E-state index in [1.165, 1.54) is 227 Å². The molecule has 0 unspecified atom stereocenters. The van der Waals surface area contributed by atoms with Gasteiger partial charge in [0.1, 0.15) is 26.2 Å². The first-order chi connectivity index (χ1) is 35.3. The molecule has 0 N–H and O–H groups in total. The number of aryl methyl sites for hydroxylation is 2. The molecule has 0 bridgehead atoms. The third-order valence-electron chi connectivity index (χ3n) is 16.3. The third-order valence-corrected chi connectivity index (χ3v) is 37.1. The van der Waals surface area contributed by atoms with E-state index in [1.54, 1.807) is 40.3 Å². The molecule has 0 radical (unpaired) electrons. The first-order valence-corrected chi connectivity index (χ1v) is 40.0. The van der Waals surface area contributed by atoms with Crippen LogP contribution >= 0.6 is 90.7 Å². The normalized spacial score (nSPS) is 14.4. The lowest BCUT2D eigenvalue weighted by Gasteiger charge is -2.29. The Morgan fingerprint density at radius 2 is 0.653 bits per heavy atom. The second kappa shape index (κ2) is 24.8. The summed E-state index contributed by atoms with van der Waals surface area (Å²) in [6.45, 7) is 14.0. The molecule has 0 amide bonds. The molecular weight excluding hydrogens is 1060 g/mol. The molecule has 0 aliphatic carbocycles. The molecule has 2 aliphatic rings. The molecule has 0 saturated carbocycles. The van der Waals surface area contributed by atoms with Crippen LogP contribution in [0.4, 0.5) is 0 Å². The largest absolute Gasteiger partial charge is 0.222 e. The lowest BCUT2D eigenvalue weighted by molar-refractivity contribution is 0.616. The molecule has 0 saturated heterocycles. The van der Waals surface area contributed by atoms with Crippen LogP contribution in [-0.2, 0) is 0 Å². The minimum atomic E-state index is -2.02. The molecule has 8 aromatic heterocycles. The summed E-state index contributed by atoms with van der Waals surface area (Å²) in [6.07, 6.45) is 33.0. The van der Waals surface area contributed by atoms with Gasteiger partial charge in [0.25, 0.3) is 0 Å². The third kappa shape index (κ3) is 11.2. The fraction of sp³-hybridized carbons (Fsp3) is 0.567. The van der Waals surface area contributed by atoms with E-state index in [0.717, 1.165) is 9.66 Å². The molecule has 386 valence electrons. The Bertz CT molecular complexity index is 2920. The van der Waals surface area contributed by atoms with Gasteiger partial charge in [0, 0.05) is 48.4 Å². The second-order valence-electron chi connectivity index (χ2n) is 21.7. The average molecular weight is 1140 g/mol. The zero-order valence-electron chi connectivity index (χ0n) is 44.4. The van der Waals surface area contributed by atoms with Crippen molar-refractivity contribution in [1.29, 1.82) is 0 Å². The smallest absolute Gasteiger partial charge is 0.155 e. The van der Waals surface area contributed by atoms with E-state index in [-0.39, 0.29) is 0 Å². The van der Waals surface area contributed by atoms with E-state index < -0.39 is 16.1 Å². The van der Waals surface area contributed by atoms with Crippen molar-refractivity contribution < 1.29 is 0 Å². The summed E-state index contributed by atoms with van der Waals surface area (Å²) in [5.41, 5.74) is 0. The van der Waals surface area contributed by atoms with Crippen molar-refractivity contribution in [2.75, 3.05) is 0 Å². The van der Waals surface area contributed by atoms with Crippen molar-refractivity contribution >= 4 is 147 Å². The molecule has 72 heavy (non-hydrogen) atoms. The van der Waals surface area contributed by atoms with Crippen LogP contribution in [0.25, 0.3) is 68.1 Å². The van der Waals surface area contributed by atoms with Gasteiger partial charge in [0.05, 0.1) is 9.75 Å². The van der Waals surface area contributed by atoms with E-state index in [2.05, 4.69) is 123 Å². The number of hydrogen-bond donors (Lipinski definition) is 0. The van der Waals surface area contributed by atoms with Crippen molar-refractivity contribution in [1.82, 2.24) is 9.97 Å². The molecule has 2 nitrogen and oxygen atoms in total. The Balaban J connectivity index is 0.961. The SMILES string of the molecule is CCCCCCCC[Si]1(CCCCCCCC)c2cc(C)sc2-c2sc(-c3nc4sc(-c5cc6c(s5)-c5sc(-c7cc8sc(C)cc8s7)cc5[Si]6(CCCCCCCC)CCCCCCCC)nc4s3)cc21. The van der Waals surface area contributed by atoms with Gasteiger partial charge in [-0.05, 0) is 95.2 Å². The number of fused-ring (bicyclic) bond motifs is 8. The van der Waals surface area contributed by atoms with E-state index in [9.17, 15) is 0 Å². The van der Waals surface area contributed by atoms with Crippen molar-refractivity contribution in [3.05, 3.63) is 46.2 Å². The molecular formula is C60H80N2S8Si2. The van der Waals surface area contributed by atoms with E-state index in [1.807, 2.05) is 45.3 Å². The maximum Gasteiger partial charge on any atom is 0.155 e. The van der Waals surface area contributed by atoms with Crippen molar-refractivity contribution in [3.63, 3.8) is 0 Å². The molecule has 10 rings (SSSR count). The number of aromatic nitrogens is 2. The van der Waals surface area contributed by atoms with Crippen LogP contribution in [0, 0.1) is 13.8 Å². The number of rotatable bonds is 31. The predicted octanol–water partition coefficient (Wildman–Crippen LogP) is 21.4. The highest BCUT2D eigenvalue weighted by Gasteiger charge is 2.49. The molecule has 0 fully saturated rings. The molecule has 10 heterocycles. The molecule has 0 atom stereocenters. The number of thiophene rings is 6. The van der Waals surface area contributed by atoms with Gasteiger partial charge in [-0.15, -0.1) is 68.0 Å². The Kier molecular flexibility index (Phi) is 18.5. The Morgan fingerprint density at radius 3 is 1.08 bits per heavy atom. The van der Waals surface area contributed by atoms with Crippen LogP contribution in [0.2, 0.25) is 24.2 Å². The zero-order valence-corrected chi connectivity index (χ0v) is 53.0. The topological polar surface area (TPSA) is 25.8 Å². The van der Waals surface area contributed by atoms with Crippen LogP contribution < -0.4 is 20.7 Å². The molecule has 0 spiro atoms. The van der Waals surface area contributed by atoms with Crippen LogP contribution in [0.3, 0.4) is 0 Å². The monoisotopic (exact) mass is 1140 g/mol. The number of hydrogen-bond acceptors (Lipinski definition) is 10. The van der Waals surface area contributed by atoms with E-state index >= 15 is 0 Å². The highest BCUT2D eigenvalue weighted by Crippen LogP contribution is 2.51. The number of unbranched alkanes of at least 4 members (excludes halogenated alkanes) is 20. The molecule has 2 aliphatic heterocycles. The average Bonchev–Trinajstić information content (AvgIpc) is 4.23. The van der Waals surface area contributed by atoms with Crippen molar-refractivity contribution in [3.8, 4) is 49.0 Å². The summed E-state index contributed by atoms with van der Waals surface area (Å²) in [5.74, 6) is 0. The van der Waals surface area contributed by atoms with Gasteiger partial charge >= 0.3 is 0 Å². The van der Waals surface area contributed by atoms with Gasteiger partial charge in [-0.25, -0.2) is 9.97 Å². The van der Waals surface area contributed by atoms with Crippen LogP contribution in [0.15, 0.2) is 36.4 Å². The Labute approximate surface area is 467 Å². The van der Waals surface area contributed by atoms with Gasteiger partial charge in [0.15, 0.2) is 9.66 Å². The quantitative estimate of drug-likeness (QED) is 0.0320. The maximum absolute atomic E-state index is 5.53. The summed E-state index contributed by atoms with van der Waals surface area (Å²) < 4.78 is 2.92. The Morgan fingerprint density at radius 1 is 0.319 bits per heavy atom. The van der Waals surface area contributed by atoms with Gasteiger partial charge < -0.3 is 0 Å². The fourth-order valence-electron chi connectivity index (χ4n) is 12.5. The van der Waals surface area contributed by atoms with E-state index in [4.69, 9.17) is 9.97 Å². The predicted molar refractivity (Wildman–Crippen MR) is 339 cm³/mol. The highest BCUT2D eigenvalue weighted by molar-refractivity contribution is 7.37. The van der Waals surface area contributed by atoms with Crippen molar-refractivity contribution in [2.24, 2.45) is 0 Å². The maximum atomic E-state index is 5.53. The minimum absolute atomic E-state index is 1.14. The summed E-state index contributed by atoms with van der Waals surface area (Å²) in [6, 6.07) is 21.3. The number of thiazole rings is 2. The van der Waals surface area contributed by atoms with Gasteiger partial charge in [-0.1, -0.05) is 204 Å². The summed E-state index contributed by atoms with van der Waals surface area (Å²) in [7, 11) is -3.90. The second-order valence-corrected chi connectivity index (χ2v) is 39.0. The highest BCUT2D eigenvalue weighted by atomic mass is 32.1.